The van der Waals surface area contributed by atoms with E-state index in [1.807, 2.05) is 86.7 Å². The van der Waals surface area contributed by atoms with Gasteiger partial charge in [0.1, 0.15) is 29.0 Å². The minimum absolute atomic E-state index is 0.0876. The number of hydrogen-bond donors (Lipinski definition) is 2. The number of carbonyl (C=O) groups is 1. The molecule has 0 aliphatic rings. The summed E-state index contributed by atoms with van der Waals surface area (Å²) in [4.78, 5) is 19.3. The molecule has 6 rings (SSSR count). The Balaban J connectivity index is 1.21. The van der Waals surface area contributed by atoms with E-state index in [1.54, 1.807) is 38.1 Å². The molecule has 0 saturated heterocycles. The summed E-state index contributed by atoms with van der Waals surface area (Å²) in [5, 5.41) is 23.6. The zero-order valence-electron chi connectivity index (χ0n) is 24.0. The first-order valence-electron chi connectivity index (χ1n) is 13.7. The van der Waals surface area contributed by atoms with Crippen LogP contribution in [0.4, 0.5) is 5.82 Å². The van der Waals surface area contributed by atoms with Crippen molar-refractivity contribution in [2.45, 2.75) is 26.1 Å². The molecule has 12 nitrogen and oxygen atoms in total. The minimum Gasteiger partial charge on any atom is -0.508 e. The molecule has 6 aromatic rings. The number of aromatic hydroxyl groups is 1. The number of nitrogens with zero attached hydrogens (tertiary/aromatic N) is 8. The van der Waals surface area contributed by atoms with E-state index in [4.69, 9.17) is 25.7 Å². The summed E-state index contributed by atoms with van der Waals surface area (Å²) in [6, 6.07) is 23.3. The highest BCUT2D eigenvalue weighted by Gasteiger charge is 2.19. The Morgan fingerprint density at radius 2 is 1.70 bits per heavy atom. The molecule has 0 amide bonds. The van der Waals surface area contributed by atoms with Crippen LogP contribution >= 0.6 is 0 Å². The van der Waals surface area contributed by atoms with Gasteiger partial charge in [-0.25, -0.2) is 14.3 Å². The van der Waals surface area contributed by atoms with Crippen LogP contribution in [0.1, 0.15) is 11.3 Å². The maximum absolute atomic E-state index is 12.6. The van der Waals surface area contributed by atoms with Gasteiger partial charge in [0.25, 0.3) is 0 Å². The van der Waals surface area contributed by atoms with Gasteiger partial charge in [-0.2, -0.15) is 19.8 Å². The van der Waals surface area contributed by atoms with Gasteiger partial charge in [0.05, 0.1) is 5.69 Å². The minimum atomic E-state index is -0.846. The number of carbonyl (C=O) groups excluding carboxylic acids is 1. The molecule has 0 spiro atoms. The molecular weight excluding hydrogens is 546 g/mol. The van der Waals surface area contributed by atoms with Crippen LogP contribution in [-0.2, 0) is 22.7 Å². The second kappa shape index (κ2) is 11.4. The smallest absolute Gasteiger partial charge is 0.325 e. The van der Waals surface area contributed by atoms with Gasteiger partial charge in [-0.1, -0.05) is 42.5 Å². The molecule has 2 aromatic carbocycles. The van der Waals surface area contributed by atoms with E-state index in [2.05, 4.69) is 5.10 Å². The van der Waals surface area contributed by atoms with Gasteiger partial charge in [0.2, 0.25) is 0 Å². The third-order valence-corrected chi connectivity index (χ3v) is 7.01. The number of phenols is 1. The van der Waals surface area contributed by atoms with Crippen molar-refractivity contribution in [1.29, 1.82) is 0 Å². The van der Waals surface area contributed by atoms with Crippen LogP contribution in [0.25, 0.3) is 34.1 Å². The second-order valence-electron chi connectivity index (χ2n) is 10.4. The van der Waals surface area contributed by atoms with Gasteiger partial charge >= 0.3 is 5.97 Å². The Kier molecular flexibility index (Phi) is 7.34. The van der Waals surface area contributed by atoms with Gasteiger partial charge in [-0.15, -0.1) is 0 Å². The summed E-state index contributed by atoms with van der Waals surface area (Å²) in [6.07, 6.45) is 2.18. The predicted molar refractivity (Wildman–Crippen MR) is 162 cm³/mol. The van der Waals surface area contributed by atoms with Gasteiger partial charge in [0.15, 0.2) is 18.2 Å². The number of ether oxygens (including phenoxy) is 1. The highest BCUT2D eigenvalue weighted by atomic mass is 16.5. The predicted octanol–water partition coefficient (Wildman–Crippen LogP) is 3.60. The van der Waals surface area contributed by atoms with E-state index in [0.717, 1.165) is 28.3 Å². The van der Waals surface area contributed by atoms with Crippen molar-refractivity contribution >= 4 is 17.4 Å². The van der Waals surface area contributed by atoms with E-state index < -0.39 is 12.0 Å². The van der Waals surface area contributed by atoms with Gasteiger partial charge in [-0.05, 0) is 43.2 Å². The molecule has 0 aliphatic heterocycles. The van der Waals surface area contributed by atoms with Gasteiger partial charge < -0.3 is 20.5 Å². The largest absolute Gasteiger partial charge is 0.508 e. The molecule has 0 fully saturated rings. The van der Waals surface area contributed by atoms with Crippen molar-refractivity contribution in [2.24, 2.45) is 5.73 Å². The van der Waals surface area contributed by atoms with Crippen LogP contribution in [-0.4, -0.2) is 65.4 Å². The summed E-state index contributed by atoms with van der Waals surface area (Å²) >= 11 is 0. The number of aryl methyl sites for hydroxylation is 1. The molecule has 0 bridgehead atoms. The van der Waals surface area contributed by atoms with Crippen molar-refractivity contribution < 1.29 is 14.6 Å². The number of esters is 1. The van der Waals surface area contributed by atoms with E-state index in [0.29, 0.717) is 29.3 Å². The highest BCUT2D eigenvalue weighted by molar-refractivity contribution is 5.75. The fourth-order valence-corrected chi connectivity index (χ4v) is 4.69. The van der Waals surface area contributed by atoms with Crippen molar-refractivity contribution in [3.05, 3.63) is 96.3 Å². The zero-order chi connectivity index (χ0) is 30.1. The van der Waals surface area contributed by atoms with E-state index in [9.17, 15) is 9.90 Å². The quantitative estimate of drug-likeness (QED) is 0.247. The summed E-state index contributed by atoms with van der Waals surface area (Å²) in [6.45, 7) is 1.79. The number of hydrogen-bond acceptors (Lipinski definition) is 9. The number of rotatable bonds is 9. The van der Waals surface area contributed by atoms with Crippen molar-refractivity contribution in [1.82, 2.24) is 34.2 Å². The van der Waals surface area contributed by atoms with Crippen LogP contribution in [0.5, 0.6) is 5.75 Å². The molecule has 0 unspecified atom stereocenters. The highest BCUT2D eigenvalue weighted by Crippen LogP contribution is 2.25. The lowest BCUT2D eigenvalue weighted by molar-refractivity contribution is -0.149. The molecule has 4 aromatic heterocycles. The number of fused-ring (bicyclic) bond motifs is 1. The maximum atomic E-state index is 12.6. The van der Waals surface area contributed by atoms with Crippen molar-refractivity contribution in [2.75, 3.05) is 19.0 Å². The summed E-state index contributed by atoms with van der Waals surface area (Å²) in [5.74, 6) is 1.08. The van der Waals surface area contributed by atoms with E-state index in [-0.39, 0.29) is 12.5 Å². The lowest BCUT2D eigenvalue weighted by Gasteiger charge is -2.15. The van der Waals surface area contributed by atoms with Crippen molar-refractivity contribution in [3.63, 3.8) is 0 Å². The normalized spacial score (nSPS) is 12.0. The summed E-state index contributed by atoms with van der Waals surface area (Å²) in [7, 11) is 3.88. The Labute approximate surface area is 247 Å². The van der Waals surface area contributed by atoms with Gasteiger partial charge in [0, 0.05) is 43.7 Å². The standard InChI is InChI=1S/C31H31N9O3/c1-20-15-26(35-39(20)19-43-31(42)24(32)16-21-9-11-23(41)12-10-21)27-17-29-33-28(18-30(37(2)3)40(29)36-27)38-14-13-25(34-38)22-7-5-4-6-8-22/h4-15,17-18,24,41H,16,19,32H2,1-3H3/t24-/m0/s1. The maximum Gasteiger partial charge on any atom is 0.325 e. The molecule has 4 heterocycles. The topological polar surface area (TPSA) is 142 Å². The molecule has 0 aliphatic carbocycles. The average Bonchev–Trinajstić information content (AvgIpc) is 3.75. The number of anilines is 1. The second-order valence-corrected chi connectivity index (χ2v) is 10.4. The first-order chi connectivity index (χ1) is 20.7. The van der Waals surface area contributed by atoms with Crippen LogP contribution in [0, 0.1) is 6.92 Å². The molecule has 0 saturated carbocycles. The fraction of sp³-hybridized carbons (Fsp3) is 0.194. The Morgan fingerprint density at radius 1 is 0.953 bits per heavy atom. The number of aromatic nitrogens is 7. The van der Waals surface area contributed by atoms with Crippen LogP contribution < -0.4 is 10.6 Å². The van der Waals surface area contributed by atoms with Crippen LogP contribution in [0.3, 0.4) is 0 Å². The van der Waals surface area contributed by atoms with E-state index in [1.165, 1.54) is 0 Å². The number of phenolic OH excluding ortho intramolecular Hbond substituents is 1. The third kappa shape index (κ3) is 5.81. The first-order valence-corrected chi connectivity index (χ1v) is 13.7. The van der Waals surface area contributed by atoms with Gasteiger partial charge in [-0.3, -0.25) is 4.79 Å². The Morgan fingerprint density at radius 3 is 2.44 bits per heavy atom. The molecule has 0 radical (unpaired) electrons. The molecule has 43 heavy (non-hydrogen) atoms. The molecular formula is C31H31N9O3. The number of benzene rings is 2. The zero-order valence-corrected chi connectivity index (χ0v) is 24.0. The van der Waals surface area contributed by atoms with E-state index >= 15 is 0 Å². The number of nitrogens with two attached hydrogens (primary N) is 1. The monoisotopic (exact) mass is 577 g/mol. The molecule has 1 atom stereocenters. The third-order valence-electron chi connectivity index (χ3n) is 7.01. The van der Waals surface area contributed by atoms with Crippen molar-refractivity contribution in [3.8, 4) is 34.2 Å². The lowest BCUT2D eigenvalue weighted by atomic mass is 10.1. The SMILES string of the molecule is Cc1cc(-c2cc3nc(-n4ccc(-c5ccccc5)n4)cc(N(C)C)n3n2)nn1COC(=O)[C@@H](N)Cc1ccc(O)cc1. The molecule has 3 N–H and O–H groups in total. The summed E-state index contributed by atoms with van der Waals surface area (Å²) in [5.41, 5.74) is 11.4. The molecule has 12 heteroatoms. The average molecular weight is 578 g/mol. The Bertz CT molecular complexity index is 1890. The fourth-order valence-electron chi connectivity index (χ4n) is 4.69. The van der Waals surface area contributed by atoms with Crippen LogP contribution in [0.2, 0.25) is 0 Å². The van der Waals surface area contributed by atoms with Crippen LogP contribution in [0.15, 0.2) is 85.1 Å². The Hall–Kier alpha value is -5.49. The summed E-state index contributed by atoms with van der Waals surface area (Å²) < 4.78 is 10.6. The molecule has 218 valence electrons. The first kappa shape index (κ1) is 27.7. The lowest BCUT2D eigenvalue weighted by Crippen LogP contribution is -2.34.